The van der Waals surface area contributed by atoms with Gasteiger partial charge in [-0.3, -0.25) is 9.59 Å². The Morgan fingerprint density at radius 1 is 0.750 bits per heavy atom. The van der Waals surface area contributed by atoms with Gasteiger partial charge in [-0.1, -0.05) is 127 Å². The van der Waals surface area contributed by atoms with Crippen LogP contribution in [0.3, 0.4) is 0 Å². The number of ether oxygens (including phenoxy) is 2. The van der Waals surface area contributed by atoms with Crippen molar-refractivity contribution in [2.75, 3.05) is 0 Å². The Bertz CT molecular complexity index is 874. The molecule has 1 aromatic heterocycles. The van der Waals surface area contributed by atoms with Crippen LogP contribution in [0.15, 0.2) is 51.9 Å². The summed E-state index contributed by atoms with van der Waals surface area (Å²) in [4.78, 5) is 24.2. The number of carbonyl (C=O) groups excluding carboxylic acids is 1. The lowest BCUT2D eigenvalue weighted by Crippen LogP contribution is -2.10. The van der Waals surface area contributed by atoms with E-state index in [0.29, 0.717) is 18.8 Å². The number of esters is 1. The average molecular weight is 499 g/mol. The maximum absolute atomic E-state index is 12.2. The van der Waals surface area contributed by atoms with Crippen LogP contribution >= 0.6 is 0 Å². The topological polar surface area (TPSA) is 65.7 Å². The van der Waals surface area contributed by atoms with Crippen molar-refractivity contribution in [2.24, 2.45) is 0 Å². The lowest BCUT2D eigenvalue weighted by Gasteiger charge is -2.07. The van der Waals surface area contributed by atoms with Crippen LogP contribution in [-0.2, 0) is 22.7 Å². The molecule has 0 bridgehead atoms. The minimum Gasteiger partial charge on any atom is -0.482 e. The standard InChI is InChI=1S/C31H46O5/c1-2-3-4-5-6-7-8-9-10-11-12-13-14-15-19-22-31(33)36-25-28-23-29(32)30(26-34-28)35-24-27-20-17-16-18-21-27/h16-18,20-21,23,26H,2-15,19,22,24-25H2,1H3. The number of carbonyl (C=O) groups is 1. The average Bonchev–Trinajstić information content (AvgIpc) is 2.89. The van der Waals surface area contributed by atoms with E-state index in [2.05, 4.69) is 6.92 Å². The lowest BCUT2D eigenvalue weighted by atomic mass is 10.0. The van der Waals surface area contributed by atoms with Crippen molar-refractivity contribution >= 4 is 5.97 Å². The summed E-state index contributed by atoms with van der Waals surface area (Å²) in [5, 5.41) is 0. The van der Waals surface area contributed by atoms with Gasteiger partial charge in [-0.2, -0.15) is 0 Å². The van der Waals surface area contributed by atoms with Crippen molar-refractivity contribution in [1.82, 2.24) is 0 Å². The highest BCUT2D eigenvalue weighted by molar-refractivity contribution is 5.69. The van der Waals surface area contributed by atoms with Gasteiger partial charge in [0.05, 0.1) is 0 Å². The third kappa shape index (κ3) is 14.1. The first kappa shape index (κ1) is 29.7. The largest absolute Gasteiger partial charge is 0.482 e. The van der Waals surface area contributed by atoms with Crippen LogP contribution in [0.2, 0.25) is 0 Å². The molecule has 0 N–H and O–H groups in total. The van der Waals surface area contributed by atoms with Crippen LogP contribution in [0, 0.1) is 0 Å². The highest BCUT2D eigenvalue weighted by atomic mass is 16.5. The van der Waals surface area contributed by atoms with Gasteiger partial charge in [0.1, 0.15) is 25.2 Å². The second kappa shape index (κ2) is 19.6. The zero-order valence-corrected chi connectivity index (χ0v) is 22.3. The van der Waals surface area contributed by atoms with E-state index in [1.54, 1.807) is 0 Å². The summed E-state index contributed by atoms with van der Waals surface area (Å²) in [5.41, 5.74) is 0.680. The van der Waals surface area contributed by atoms with Crippen molar-refractivity contribution in [1.29, 1.82) is 0 Å². The van der Waals surface area contributed by atoms with Crippen molar-refractivity contribution in [2.45, 2.75) is 123 Å². The van der Waals surface area contributed by atoms with Crippen molar-refractivity contribution in [3.63, 3.8) is 0 Å². The smallest absolute Gasteiger partial charge is 0.306 e. The normalized spacial score (nSPS) is 10.9. The fourth-order valence-electron chi connectivity index (χ4n) is 4.22. The summed E-state index contributed by atoms with van der Waals surface area (Å²) < 4.78 is 16.2. The monoisotopic (exact) mass is 498 g/mol. The van der Waals surface area contributed by atoms with Crippen LogP contribution in [-0.4, -0.2) is 5.97 Å². The van der Waals surface area contributed by atoms with Crippen LogP contribution in [0.4, 0.5) is 0 Å². The Morgan fingerprint density at radius 2 is 1.31 bits per heavy atom. The zero-order chi connectivity index (χ0) is 25.7. The number of benzene rings is 1. The van der Waals surface area contributed by atoms with E-state index in [1.807, 2.05) is 30.3 Å². The SMILES string of the molecule is CCCCCCCCCCCCCCCCCC(=O)OCc1cc(=O)c(OCc2ccccc2)co1. The first-order valence-electron chi connectivity index (χ1n) is 14.1. The number of unbranched alkanes of at least 4 members (excludes halogenated alkanes) is 14. The molecule has 0 saturated heterocycles. The van der Waals surface area contributed by atoms with E-state index in [0.717, 1.165) is 18.4 Å². The highest BCUT2D eigenvalue weighted by Gasteiger charge is 2.08. The molecule has 200 valence electrons. The molecule has 0 amide bonds. The van der Waals surface area contributed by atoms with Gasteiger partial charge in [-0.15, -0.1) is 0 Å². The first-order valence-corrected chi connectivity index (χ1v) is 14.1. The summed E-state index contributed by atoms with van der Waals surface area (Å²) in [7, 11) is 0. The van der Waals surface area contributed by atoms with Crippen molar-refractivity contribution in [3.8, 4) is 5.75 Å². The van der Waals surface area contributed by atoms with E-state index in [9.17, 15) is 9.59 Å². The molecule has 5 heteroatoms. The fraction of sp³-hybridized carbons (Fsp3) is 0.613. The second-order valence-electron chi connectivity index (χ2n) is 9.71. The molecule has 5 nitrogen and oxygen atoms in total. The lowest BCUT2D eigenvalue weighted by molar-refractivity contribution is -0.145. The molecule has 0 aliphatic rings. The maximum atomic E-state index is 12.2. The van der Waals surface area contributed by atoms with Crippen molar-refractivity contribution < 1.29 is 18.7 Å². The van der Waals surface area contributed by atoms with Gasteiger partial charge < -0.3 is 13.9 Å². The molecular weight excluding hydrogens is 452 g/mol. The van der Waals surface area contributed by atoms with Crippen LogP contribution < -0.4 is 10.2 Å². The predicted octanol–water partition coefficient (Wildman–Crippen LogP) is 8.52. The van der Waals surface area contributed by atoms with Gasteiger partial charge >= 0.3 is 5.97 Å². The molecule has 0 aliphatic carbocycles. The van der Waals surface area contributed by atoms with E-state index in [-0.39, 0.29) is 23.8 Å². The van der Waals surface area contributed by atoms with Crippen LogP contribution in [0.5, 0.6) is 5.75 Å². The van der Waals surface area contributed by atoms with E-state index >= 15 is 0 Å². The molecule has 0 fully saturated rings. The first-order chi connectivity index (χ1) is 17.7. The van der Waals surface area contributed by atoms with Gasteiger partial charge in [0.25, 0.3) is 0 Å². The van der Waals surface area contributed by atoms with Gasteiger partial charge in [0.15, 0.2) is 0 Å². The minimum absolute atomic E-state index is 0.0359. The molecule has 0 spiro atoms. The summed E-state index contributed by atoms with van der Waals surface area (Å²) in [5.74, 6) is 0.209. The fourth-order valence-corrected chi connectivity index (χ4v) is 4.22. The summed E-state index contributed by atoms with van der Waals surface area (Å²) in [6.07, 6.45) is 21.1. The molecule has 1 heterocycles. The maximum Gasteiger partial charge on any atom is 0.306 e. The molecule has 0 radical (unpaired) electrons. The Morgan fingerprint density at radius 3 is 1.86 bits per heavy atom. The summed E-state index contributed by atoms with van der Waals surface area (Å²) in [6.45, 7) is 2.52. The number of hydrogen-bond donors (Lipinski definition) is 0. The molecule has 0 aliphatic heterocycles. The van der Waals surface area contributed by atoms with Crippen molar-refractivity contribution in [3.05, 3.63) is 64.2 Å². The molecule has 0 atom stereocenters. The molecule has 1 aromatic carbocycles. The molecule has 0 saturated carbocycles. The van der Waals surface area contributed by atoms with Gasteiger partial charge in [0, 0.05) is 12.5 Å². The Hall–Kier alpha value is -2.56. The van der Waals surface area contributed by atoms with Crippen LogP contribution in [0.1, 0.15) is 121 Å². The molecule has 36 heavy (non-hydrogen) atoms. The van der Waals surface area contributed by atoms with Gasteiger partial charge in [-0.25, -0.2) is 0 Å². The van der Waals surface area contributed by atoms with E-state index in [4.69, 9.17) is 13.9 Å². The number of hydrogen-bond acceptors (Lipinski definition) is 5. The van der Waals surface area contributed by atoms with Gasteiger partial charge in [0.2, 0.25) is 11.2 Å². The quantitative estimate of drug-likeness (QED) is 0.127. The number of rotatable bonds is 21. The highest BCUT2D eigenvalue weighted by Crippen LogP contribution is 2.14. The molecular formula is C31H46O5. The zero-order valence-electron chi connectivity index (χ0n) is 22.3. The third-order valence-corrected chi connectivity index (χ3v) is 6.45. The summed E-state index contributed by atoms with van der Waals surface area (Å²) in [6, 6.07) is 10.9. The Balaban J connectivity index is 1.43. The molecule has 2 aromatic rings. The van der Waals surface area contributed by atoms with E-state index in [1.165, 1.54) is 95.8 Å². The van der Waals surface area contributed by atoms with Gasteiger partial charge in [-0.05, 0) is 12.0 Å². The third-order valence-electron chi connectivity index (χ3n) is 6.45. The second-order valence-corrected chi connectivity index (χ2v) is 9.71. The Labute approximate surface area is 217 Å². The molecule has 2 rings (SSSR count). The summed E-state index contributed by atoms with van der Waals surface area (Å²) >= 11 is 0. The van der Waals surface area contributed by atoms with E-state index < -0.39 is 0 Å². The van der Waals surface area contributed by atoms with Crippen LogP contribution in [0.25, 0.3) is 0 Å². The Kier molecular flexibility index (Phi) is 16.2. The molecule has 0 unspecified atom stereocenters. The predicted molar refractivity (Wildman–Crippen MR) is 145 cm³/mol. The minimum atomic E-state index is -0.286.